The number of hydrogen-bond donors (Lipinski definition) is 4. The van der Waals surface area contributed by atoms with E-state index >= 15 is 0 Å². The van der Waals surface area contributed by atoms with E-state index < -0.39 is 18.2 Å². The number of carbonyl (C=O) groups is 2. The molecule has 0 aromatic heterocycles. The lowest BCUT2D eigenvalue weighted by Gasteiger charge is -2.30. The molecule has 4 atom stereocenters. The monoisotopic (exact) mass is 523 g/mol. The van der Waals surface area contributed by atoms with E-state index in [9.17, 15) is 14.7 Å². The highest BCUT2D eigenvalue weighted by atomic mass is 16.5. The molecule has 0 aliphatic carbocycles. The highest BCUT2D eigenvalue weighted by Crippen LogP contribution is 2.22. The van der Waals surface area contributed by atoms with Crippen LogP contribution >= 0.6 is 0 Å². The maximum atomic E-state index is 12.9. The fourth-order valence-electron chi connectivity index (χ4n) is 4.03. The number of ether oxygens (including phenoxy) is 3. The lowest BCUT2D eigenvalue weighted by molar-refractivity contribution is -0.137. The number of aliphatic hydroxyl groups is 1. The van der Waals surface area contributed by atoms with Crippen LogP contribution in [0, 0.1) is 17.3 Å². The van der Waals surface area contributed by atoms with Crippen LogP contribution in [0.3, 0.4) is 0 Å². The van der Waals surface area contributed by atoms with Crippen LogP contribution in [0.2, 0.25) is 0 Å². The quantitative estimate of drug-likeness (QED) is 0.231. The molecule has 0 aliphatic heterocycles. The molecule has 9 nitrogen and oxygen atoms in total. The molecule has 0 bridgehead atoms. The lowest BCUT2D eigenvalue weighted by Crippen LogP contribution is -2.50. The Kier molecular flexibility index (Phi) is 14.7. The van der Waals surface area contributed by atoms with Gasteiger partial charge >= 0.3 is 0 Å². The molecule has 0 radical (unpaired) electrons. The molecule has 1 aromatic rings. The number of methoxy groups -OCH3 is 2. The zero-order chi connectivity index (χ0) is 28.0. The largest absolute Gasteiger partial charge is 0.493 e. The van der Waals surface area contributed by atoms with Gasteiger partial charge in [-0.15, -0.1) is 0 Å². The molecule has 1 aromatic carbocycles. The minimum Gasteiger partial charge on any atom is -0.493 e. The second-order valence-electron chi connectivity index (χ2n) is 11.0. The fraction of sp³-hybridized carbons (Fsp3) is 0.714. The number of amides is 2. The third-order valence-corrected chi connectivity index (χ3v) is 6.41. The Morgan fingerprint density at radius 2 is 1.68 bits per heavy atom. The topological polar surface area (TPSA) is 132 Å². The molecular formula is C28H49N3O6. The second kappa shape index (κ2) is 16.6. The van der Waals surface area contributed by atoms with E-state index in [0.717, 1.165) is 12.8 Å². The van der Waals surface area contributed by atoms with Gasteiger partial charge in [-0.1, -0.05) is 46.8 Å². The second-order valence-corrected chi connectivity index (χ2v) is 11.0. The van der Waals surface area contributed by atoms with Crippen LogP contribution in [-0.4, -0.2) is 75.7 Å². The van der Waals surface area contributed by atoms with Gasteiger partial charge in [-0.3, -0.25) is 9.59 Å². The Hall–Kier alpha value is -2.20. The molecule has 0 spiro atoms. The lowest BCUT2D eigenvalue weighted by atomic mass is 9.87. The van der Waals surface area contributed by atoms with Crippen molar-refractivity contribution in [1.29, 1.82) is 0 Å². The molecule has 1 rings (SSSR count). The first-order valence-corrected chi connectivity index (χ1v) is 13.1. The van der Waals surface area contributed by atoms with E-state index in [1.165, 1.54) is 7.11 Å². The summed E-state index contributed by atoms with van der Waals surface area (Å²) in [6, 6.07) is 6.62. The minimum atomic E-state index is -0.925. The molecule has 0 unspecified atom stereocenters. The Labute approximate surface area is 222 Å². The van der Waals surface area contributed by atoms with Gasteiger partial charge in [-0.05, 0) is 48.6 Å². The fourth-order valence-corrected chi connectivity index (χ4v) is 4.03. The zero-order valence-electron chi connectivity index (χ0n) is 23.7. The standard InChI is InChI=1S/C28H49N3O6/c1-19(2)20(16-22(29)23(32)18-31-27(34)25(36-7)28(3,4)5)17-30-26(33)21-12-8-9-13-24(21)37-15-11-10-14-35-6/h8-9,12-13,19-20,22-23,25,32H,10-11,14-18,29H2,1-7H3,(H,30,33)(H,31,34)/t20-,22+,23+,25+/m1/s1. The van der Waals surface area contributed by atoms with E-state index in [1.807, 2.05) is 26.8 Å². The molecule has 5 N–H and O–H groups in total. The third kappa shape index (κ3) is 11.8. The molecule has 0 saturated carbocycles. The summed E-state index contributed by atoms with van der Waals surface area (Å²) in [6.07, 6.45) is 0.652. The number of nitrogens with two attached hydrogens (primary N) is 1. The van der Waals surface area contributed by atoms with E-state index in [2.05, 4.69) is 24.5 Å². The van der Waals surface area contributed by atoms with Crippen molar-refractivity contribution in [1.82, 2.24) is 10.6 Å². The third-order valence-electron chi connectivity index (χ3n) is 6.41. The molecule has 0 saturated heterocycles. The molecule has 0 fully saturated rings. The summed E-state index contributed by atoms with van der Waals surface area (Å²) < 4.78 is 16.2. The summed E-state index contributed by atoms with van der Waals surface area (Å²) in [7, 11) is 3.16. The first-order valence-electron chi connectivity index (χ1n) is 13.1. The highest BCUT2D eigenvalue weighted by Gasteiger charge is 2.32. The SMILES string of the molecule is COCCCCOc1ccccc1C(=O)NC[C@@H](C[C@H](N)[C@@H](O)CNC(=O)[C@H](OC)C(C)(C)C)C(C)C. The van der Waals surface area contributed by atoms with Gasteiger partial charge in [0.1, 0.15) is 11.9 Å². The van der Waals surface area contributed by atoms with Gasteiger partial charge in [0, 0.05) is 40.0 Å². The number of hydrogen-bond acceptors (Lipinski definition) is 7. The maximum Gasteiger partial charge on any atom is 0.255 e. The summed E-state index contributed by atoms with van der Waals surface area (Å²) >= 11 is 0. The smallest absolute Gasteiger partial charge is 0.255 e. The van der Waals surface area contributed by atoms with E-state index in [0.29, 0.717) is 37.5 Å². The first-order chi connectivity index (χ1) is 17.4. The van der Waals surface area contributed by atoms with Gasteiger partial charge in [0.05, 0.1) is 18.3 Å². The summed E-state index contributed by atoms with van der Waals surface area (Å²) in [5, 5.41) is 16.3. The van der Waals surface area contributed by atoms with Crippen molar-refractivity contribution in [2.75, 3.05) is 40.5 Å². The summed E-state index contributed by atoms with van der Waals surface area (Å²) in [6.45, 7) is 11.5. The number of nitrogens with one attached hydrogen (secondary N) is 2. The number of rotatable bonds is 17. The van der Waals surface area contributed by atoms with E-state index in [-0.39, 0.29) is 35.6 Å². The van der Waals surface area contributed by atoms with Gasteiger partial charge in [0.2, 0.25) is 5.91 Å². The molecule has 9 heteroatoms. The van der Waals surface area contributed by atoms with Gasteiger partial charge in [-0.2, -0.15) is 0 Å². The van der Waals surface area contributed by atoms with Gasteiger partial charge in [0.25, 0.3) is 5.91 Å². The van der Waals surface area contributed by atoms with Crippen molar-refractivity contribution < 1.29 is 28.9 Å². The molecule has 212 valence electrons. The van der Waals surface area contributed by atoms with Gasteiger partial charge < -0.3 is 35.7 Å². The number of aliphatic hydroxyl groups excluding tert-OH is 1. The number of benzene rings is 1. The minimum absolute atomic E-state index is 0.0300. The molecular weight excluding hydrogens is 474 g/mol. The van der Waals surface area contributed by atoms with Crippen LogP contribution in [0.5, 0.6) is 5.75 Å². The normalized spacial score (nSPS) is 15.1. The van der Waals surface area contributed by atoms with Crippen molar-refractivity contribution in [2.45, 2.75) is 72.1 Å². The van der Waals surface area contributed by atoms with E-state index in [4.69, 9.17) is 19.9 Å². The van der Waals surface area contributed by atoms with Crippen LogP contribution in [0.15, 0.2) is 24.3 Å². The summed E-state index contributed by atoms with van der Waals surface area (Å²) in [4.78, 5) is 25.4. The molecule has 37 heavy (non-hydrogen) atoms. The van der Waals surface area contributed by atoms with Crippen LogP contribution in [0.1, 0.15) is 64.2 Å². The molecule has 2 amide bonds. The first kappa shape index (κ1) is 32.8. The summed E-state index contributed by atoms with van der Waals surface area (Å²) in [5.41, 5.74) is 6.40. The van der Waals surface area contributed by atoms with Crippen molar-refractivity contribution in [3.05, 3.63) is 29.8 Å². The Morgan fingerprint density at radius 3 is 2.27 bits per heavy atom. The zero-order valence-corrected chi connectivity index (χ0v) is 23.7. The van der Waals surface area contributed by atoms with Crippen molar-refractivity contribution in [3.8, 4) is 5.75 Å². The Bertz CT molecular complexity index is 811. The molecule has 0 heterocycles. The number of carbonyl (C=O) groups excluding carboxylic acids is 2. The predicted octanol–water partition coefficient (Wildman–Crippen LogP) is 2.75. The van der Waals surface area contributed by atoms with Crippen molar-refractivity contribution in [3.63, 3.8) is 0 Å². The number of para-hydroxylation sites is 1. The Balaban J connectivity index is 2.64. The maximum absolute atomic E-state index is 12.9. The highest BCUT2D eigenvalue weighted by molar-refractivity contribution is 5.96. The van der Waals surface area contributed by atoms with Crippen LogP contribution in [0.4, 0.5) is 0 Å². The average Bonchev–Trinajstić information content (AvgIpc) is 2.84. The van der Waals surface area contributed by atoms with Crippen molar-refractivity contribution in [2.24, 2.45) is 23.0 Å². The number of unbranched alkanes of at least 4 members (excludes halogenated alkanes) is 1. The predicted molar refractivity (Wildman–Crippen MR) is 146 cm³/mol. The summed E-state index contributed by atoms with van der Waals surface area (Å²) in [5.74, 6) is 0.304. The van der Waals surface area contributed by atoms with E-state index in [1.54, 1.807) is 25.3 Å². The van der Waals surface area contributed by atoms with Gasteiger partial charge in [0.15, 0.2) is 0 Å². The Morgan fingerprint density at radius 1 is 1.03 bits per heavy atom. The average molecular weight is 524 g/mol. The van der Waals surface area contributed by atoms with Gasteiger partial charge in [-0.25, -0.2) is 0 Å². The van der Waals surface area contributed by atoms with Crippen molar-refractivity contribution >= 4 is 11.8 Å². The van der Waals surface area contributed by atoms with Crippen LogP contribution in [0.25, 0.3) is 0 Å². The van der Waals surface area contributed by atoms with Crippen LogP contribution in [-0.2, 0) is 14.3 Å². The molecule has 0 aliphatic rings. The van der Waals surface area contributed by atoms with Crippen LogP contribution < -0.4 is 21.1 Å².